The molecule has 1 amide bonds. The Bertz CT molecular complexity index is 1440. The van der Waals surface area contributed by atoms with Crippen LogP contribution in [0.2, 0.25) is 0 Å². The van der Waals surface area contributed by atoms with Crippen molar-refractivity contribution in [2.75, 3.05) is 151 Å². The van der Waals surface area contributed by atoms with E-state index in [2.05, 4.69) is 24.3 Å². The number of likely N-dealkylation sites (N-methyl/N-ethyl adjacent to an activating group) is 1. The van der Waals surface area contributed by atoms with Gasteiger partial charge in [-0.1, -0.05) is 60.7 Å². The molecular formula is C42H60N2O12. The first-order valence-corrected chi connectivity index (χ1v) is 19.4. The Kier molecular flexibility index (Phi) is 22.9. The molecule has 0 aliphatic heterocycles. The van der Waals surface area contributed by atoms with Gasteiger partial charge in [-0.2, -0.15) is 0 Å². The van der Waals surface area contributed by atoms with Crippen molar-refractivity contribution in [3.8, 4) is 16.9 Å². The van der Waals surface area contributed by atoms with Crippen LogP contribution < -0.4 is 10.5 Å². The van der Waals surface area contributed by atoms with E-state index >= 15 is 0 Å². The third-order valence-electron chi connectivity index (χ3n) is 8.60. The van der Waals surface area contributed by atoms with Crippen molar-refractivity contribution >= 4 is 11.8 Å². The van der Waals surface area contributed by atoms with Crippen molar-refractivity contribution in [1.29, 1.82) is 0 Å². The number of hydrogen-bond donors (Lipinski definition) is 1. The maximum atomic E-state index is 12.6. The van der Waals surface area contributed by atoms with E-state index in [9.17, 15) is 4.79 Å². The predicted octanol–water partition coefficient (Wildman–Crippen LogP) is 4.68. The van der Waals surface area contributed by atoms with Crippen molar-refractivity contribution in [3.63, 3.8) is 0 Å². The number of hydrogen-bond acceptors (Lipinski definition) is 13. The molecule has 0 fully saturated rings. The minimum Gasteiger partial charge on any atom is -0.489 e. The van der Waals surface area contributed by atoms with Gasteiger partial charge in [-0.15, -0.1) is 0 Å². The van der Waals surface area contributed by atoms with Gasteiger partial charge >= 0.3 is 6.09 Å². The van der Waals surface area contributed by atoms with E-state index in [0.717, 1.165) is 0 Å². The van der Waals surface area contributed by atoms with Crippen molar-refractivity contribution in [2.45, 2.75) is 5.92 Å². The highest BCUT2D eigenvalue weighted by atomic mass is 16.6. The van der Waals surface area contributed by atoms with Gasteiger partial charge in [0, 0.05) is 19.5 Å². The lowest BCUT2D eigenvalue weighted by atomic mass is 9.98. The molecule has 14 nitrogen and oxygen atoms in total. The summed E-state index contributed by atoms with van der Waals surface area (Å²) in [6, 6.07) is 24.0. The molecule has 0 saturated carbocycles. The van der Waals surface area contributed by atoms with E-state index < -0.39 is 0 Å². The van der Waals surface area contributed by atoms with Crippen LogP contribution in [0.3, 0.4) is 0 Å². The first-order valence-electron chi connectivity index (χ1n) is 19.4. The monoisotopic (exact) mass is 784 g/mol. The Balaban J connectivity index is 0.808. The number of benzene rings is 3. The van der Waals surface area contributed by atoms with Gasteiger partial charge in [-0.25, -0.2) is 4.79 Å². The molecule has 0 atom stereocenters. The molecule has 310 valence electrons. The number of para-hydroxylation sites is 2. The Morgan fingerprint density at radius 2 is 0.857 bits per heavy atom. The summed E-state index contributed by atoms with van der Waals surface area (Å²) in [5, 5.41) is 0. The SMILES string of the molecule is CN(CCOCCOCCOCCOCCOCCOCCOCCOCCOCCOc1ccccc1N)C(=O)OCC1c2ccccc2-c2ccccc21. The summed E-state index contributed by atoms with van der Waals surface area (Å²) < 4.78 is 60.9. The molecule has 14 heteroatoms. The number of carbonyl (C=O) groups is 1. The average molecular weight is 785 g/mol. The van der Waals surface area contributed by atoms with Crippen LogP contribution in [-0.4, -0.2) is 157 Å². The standard InChI is InChI=1S/C42H60N2O12/c1-44(42(45)56-34-39-37-10-4-2-8-35(37)36-9-3-5-11-38(36)39)14-15-46-16-17-47-18-19-48-20-21-49-22-23-50-24-25-51-26-27-52-28-29-53-30-31-54-32-33-55-41-13-7-6-12-40(41)43/h2-13,39H,14-34,43H2,1H3. The first-order chi connectivity index (χ1) is 27.6. The van der Waals surface area contributed by atoms with Gasteiger partial charge in [-0.3, -0.25) is 0 Å². The van der Waals surface area contributed by atoms with Crippen molar-refractivity contribution in [1.82, 2.24) is 4.90 Å². The maximum Gasteiger partial charge on any atom is 0.409 e. The number of anilines is 1. The summed E-state index contributed by atoms with van der Waals surface area (Å²) in [4.78, 5) is 14.1. The van der Waals surface area contributed by atoms with Crippen LogP contribution in [0, 0.1) is 0 Å². The number of fused-ring (bicyclic) bond motifs is 3. The smallest absolute Gasteiger partial charge is 0.409 e. The summed E-state index contributed by atoms with van der Waals surface area (Å²) in [5.41, 5.74) is 11.2. The molecule has 2 N–H and O–H groups in total. The topological polar surface area (TPSA) is 148 Å². The van der Waals surface area contributed by atoms with Gasteiger partial charge < -0.3 is 62.7 Å². The van der Waals surface area contributed by atoms with E-state index in [1.165, 1.54) is 27.2 Å². The molecule has 3 aromatic rings. The van der Waals surface area contributed by atoms with Gasteiger partial charge in [-0.05, 0) is 34.4 Å². The third-order valence-corrected chi connectivity index (χ3v) is 8.60. The van der Waals surface area contributed by atoms with E-state index in [0.29, 0.717) is 150 Å². The van der Waals surface area contributed by atoms with Crippen LogP contribution in [0.5, 0.6) is 5.75 Å². The fourth-order valence-electron chi connectivity index (χ4n) is 5.68. The Morgan fingerprint density at radius 3 is 1.29 bits per heavy atom. The molecule has 0 spiro atoms. The summed E-state index contributed by atoms with van der Waals surface area (Å²) in [6.45, 7) is 9.67. The highest BCUT2D eigenvalue weighted by molar-refractivity contribution is 5.79. The molecule has 1 aliphatic rings. The Hall–Kier alpha value is -3.83. The number of nitrogens with two attached hydrogens (primary N) is 1. The van der Waals surface area contributed by atoms with E-state index in [1.54, 1.807) is 13.1 Å². The minimum atomic E-state index is -0.365. The second-order valence-electron chi connectivity index (χ2n) is 12.6. The van der Waals surface area contributed by atoms with E-state index in [1.807, 2.05) is 42.5 Å². The van der Waals surface area contributed by atoms with E-state index in [4.69, 9.17) is 57.8 Å². The van der Waals surface area contributed by atoms with Crippen LogP contribution in [-0.2, 0) is 47.4 Å². The van der Waals surface area contributed by atoms with Gasteiger partial charge in [0.05, 0.1) is 125 Å². The molecule has 3 aromatic carbocycles. The summed E-state index contributed by atoms with van der Waals surface area (Å²) in [7, 11) is 1.71. The number of nitrogens with zero attached hydrogens (tertiary/aromatic N) is 1. The maximum absolute atomic E-state index is 12.6. The average Bonchev–Trinajstić information content (AvgIpc) is 3.54. The van der Waals surface area contributed by atoms with E-state index in [-0.39, 0.29) is 12.0 Å². The number of ether oxygens (including phenoxy) is 11. The van der Waals surface area contributed by atoms with Crippen LogP contribution >= 0.6 is 0 Å². The number of amides is 1. The summed E-state index contributed by atoms with van der Waals surface area (Å²) in [5.74, 6) is 0.701. The number of nitrogen functional groups attached to an aromatic ring is 1. The molecular weight excluding hydrogens is 724 g/mol. The van der Waals surface area contributed by atoms with Gasteiger partial charge in [0.2, 0.25) is 0 Å². The van der Waals surface area contributed by atoms with Crippen LogP contribution in [0.1, 0.15) is 17.0 Å². The highest BCUT2D eigenvalue weighted by Gasteiger charge is 2.29. The van der Waals surface area contributed by atoms with Crippen LogP contribution in [0.15, 0.2) is 72.8 Å². The molecule has 0 aromatic heterocycles. The summed E-state index contributed by atoms with van der Waals surface area (Å²) in [6.07, 6.45) is -0.365. The zero-order valence-electron chi connectivity index (χ0n) is 32.8. The van der Waals surface area contributed by atoms with Crippen LogP contribution in [0.25, 0.3) is 11.1 Å². The van der Waals surface area contributed by atoms with Crippen LogP contribution in [0.4, 0.5) is 10.5 Å². The fourth-order valence-corrected chi connectivity index (χ4v) is 5.68. The van der Waals surface area contributed by atoms with Gasteiger partial charge in [0.1, 0.15) is 19.0 Å². The quantitative estimate of drug-likeness (QED) is 0.0674. The van der Waals surface area contributed by atoms with Gasteiger partial charge in [0.25, 0.3) is 0 Å². The number of rotatable bonds is 33. The molecule has 1 aliphatic carbocycles. The van der Waals surface area contributed by atoms with Crippen molar-refractivity contribution < 1.29 is 56.9 Å². The second kappa shape index (κ2) is 28.5. The number of carbonyl (C=O) groups excluding carboxylic acids is 1. The van der Waals surface area contributed by atoms with Gasteiger partial charge in [0.15, 0.2) is 0 Å². The lowest BCUT2D eigenvalue weighted by molar-refractivity contribution is -0.0255. The van der Waals surface area contributed by atoms with Crippen molar-refractivity contribution in [3.05, 3.63) is 83.9 Å². The Labute approximate surface area is 331 Å². The second-order valence-corrected chi connectivity index (χ2v) is 12.6. The lowest BCUT2D eigenvalue weighted by Crippen LogP contribution is -2.32. The molecule has 56 heavy (non-hydrogen) atoms. The third kappa shape index (κ3) is 17.5. The lowest BCUT2D eigenvalue weighted by Gasteiger charge is -2.19. The zero-order chi connectivity index (χ0) is 39.3. The van der Waals surface area contributed by atoms with Crippen molar-refractivity contribution in [2.24, 2.45) is 0 Å². The molecule has 0 unspecified atom stereocenters. The Morgan fingerprint density at radius 1 is 0.500 bits per heavy atom. The molecule has 0 heterocycles. The molecule has 0 radical (unpaired) electrons. The molecule has 4 rings (SSSR count). The molecule has 0 bridgehead atoms. The predicted molar refractivity (Wildman–Crippen MR) is 211 cm³/mol. The minimum absolute atomic E-state index is 0.0370. The largest absolute Gasteiger partial charge is 0.489 e. The highest BCUT2D eigenvalue weighted by Crippen LogP contribution is 2.44. The first kappa shape index (κ1) is 44.9. The fraction of sp³-hybridized carbons (Fsp3) is 0.548. The zero-order valence-corrected chi connectivity index (χ0v) is 32.8. The molecule has 0 saturated heterocycles. The normalized spacial score (nSPS) is 12.1. The summed E-state index contributed by atoms with van der Waals surface area (Å²) >= 11 is 0.